The number of amides is 4. The van der Waals surface area contributed by atoms with Gasteiger partial charge in [0, 0.05) is 19.1 Å². The molecule has 4 amide bonds. The maximum absolute atomic E-state index is 12.8. The number of carbonyl (C=O) groups is 3. The Bertz CT molecular complexity index is 523. The van der Waals surface area contributed by atoms with E-state index in [0.717, 1.165) is 37.0 Å². The largest absolute Gasteiger partial charge is 0.340 e. The van der Waals surface area contributed by atoms with Crippen LogP contribution in [0.25, 0.3) is 0 Å². The zero-order valence-corrected chi connectivity index (χ0v) is 13.7. The number of rotatable bonds is 2. The van der Waals surface area contributed by atoms with E-state index >= 15 is 0 Å². The third kappa shape index (κ3) is 2.82. The van der Waals surface area contributed by atoms with Gasteiger partial charge in [0.05, 0.1) is 0 Å². The Morgan fingerprint density at radius 3 is 2.78 bits per heavy atom. The van der Waals surface area contributed by atoms with Gasteiger partial charge in [0.15, 0.2) is 0 Å². The predicted octanol–water partition coefficient (Wildman–Crippen LogP) is 0.437. The van der Waals surface area contributed by atoms with Gasteiger partial charge in [-0.1, -0.05) is 19.8 Å². The van der Waals surface area contributed by atoms with E-state index in [4.69, 9.17) is 5.73 Å². The molecule has 2 saturated heterocycles. The van der Waals surface area contributed by atoms with E-state index in [9.17, 15) is 14.4 Å². The van der Waals surface area contributed by atoms with Crippen LogP contribution in [0.3, 0.4) is 0 Å². The van der Waals surface area contributed by atoms with Crippen molar-refractivity contribution in [1.82, 2.24) is 15.1 Å². The summed E-state index contributed by atoms with van der Waals surface area (Å²) in [6.07, 6.45) is 5.38. The summed E-state index contributed by atoms with van der Waals surface area (Å²) in [4.78, 5) is 40.3. The van der Waals surface area contributed by atoms with Gasteiger partial charge in [0.25, 0.3) is 5.91 Å². The monoisotopic (exact) mass is 322 g/mol. The first-order valence-corrected chi connectivity index (χ1v) is 8.61. The molecule has 3 rings (SSSR count). The summed E-state index contributed by atoms with van der Waals surface area (Å²) < 4.78 is 0. The summed E-state index contributed by atoms with van der Waals surface area (Å²) in [5.74, 6) is -0.315. The molecule has 3 N–H and O–H groups in total. The third-order valence-electron chi connectivity index (χ3n) is 5.61. The number of urea groups is 1. The highest BCUT2D eigenvalue weighted by Crippen LogP contribution is 2.38. The molecule has 0 bridgehead atoms. The van der Waals surface area contributed by atoms with Crippen LogP contribution in [-0.2, 0) is 9.59 Å². The van der Waals surface area contributed by atoms with Gasteiger partial charge in [-0.15, -0.1) is 0 Å². The third-order valence-corrected chi connectivity index (χ3v) is 5.61. The lowest BCUT2D eigenvalue weighted by molar-refractivity contribution is -0.141. The second-order valence-electron chi connectivity index (χ2n) is 7.18. The van der Waals surface area contributed by atoms with E-state index in [2.05, 4.69) is 5.32 Å². The van der Waals surface area contributed by atoms with Gasteiger partial charge >= 0.3 is 6.03 Å². The molecule has 0 aromatic rings. The van der Waals surface area contributed by atoms with Crippen molar-refractivity contribution in [2.24, 2.45) is 11.7 Å². The molecule has 2 heterocycles. The molecule has 3 unspecified atom stereocenters. The van der Waals surface area contributed by atoms with Crippen molar-refractivity contribution in [3.63, 3.8) is 0 Å². The Hall–Kier alpha value is -1.63. The van der Waals surface area contributed by atoms with Gasteiger partial charge in [0.2, 0.25) is 5.91 Å². The van der Waals surface area contributed by atoms with E-state index in [-0.39, 0.29) is 30.3 Å². The molecule has 3 atom stereocenters. The van der Waals surface area contributed by atoms with Crippen LogP contribution in [-0.4, -0.2) is 58.9 Å². The van der Waals surface area contributed by atoms with Crippen LogP contribution in [0.2, 0.25) is 0 Å². The predicted molar refractivity (Wildman–Crippen MR) is 84.4 cm³/mol. The van der Waals surface area contributed by atoms with Crippen molar-refractivity contribution in [2.75, 3.05) is 19.6 Å². The van der Waals surface area contributed by atoms with Crippen LogP contribution in [0.4, 0.5) is 4.79 Å². The molecule has 1 spiro atoms. The van der Waals surface area contributed by atoms with E-state index < -0.39 is 11.6 Å². The Balaban J connectivity index is 1.69. The van der Waals surface area contributed by atoms with Gasteiger partial charge in [-0.2, -0.15) is 0 Å². The number of nitrogens with one attached hydrogen (secondary N) is 1. The highest BCUT2D eigenvalue weighted by molar-refractivity contribution is 6.09. The maximum Gasteiger partial charge on any atom is 0.325 e. The van der Waals surface area contributed by atoms with Crippen molar-refractivity contribution in [3.05, 3.63) is 0 Å². The molecule has 3 aliphatic rings. The fourth-order valence-electron chi connectivity index (χ4n) is 4.11. The molecule has 0 aromatic carbocycles. The molecule has 1 aliphatic carbocycles. The average Bonchev–Trinajstić information content (AvgIpc) is 2.75. The topological polar surface area (TPSA) is 95.7 Å². The number of hydrogen-bond acceptors (Lipinski definition) is 4. The summed E-state index contributed by atoms with van der Waals surface area (Å²) >= 11 is 0. The van der Waals surface area contributed by atoms with Crippen LogP contribution in [0, 0.1) is 5.92 Å². The number of piperidine rings is 1. The smallest absolute Gasteiger partial charge is 0.325 e. The van der Waals surface area contributed by atoms with Crippen LogP contribution in [0.1, 0.15) is 45.4 Å². The number of carbonyl (C=O) groups excluding carboxylic acids is 3. The minimum absolute atomic E-state index is 0.0134. The van der Waals surface area contributed by atoms with Crippen molar-refractivity contribution >= 4 is 17.8 Å². The molecule has 7 nitrogen and oxygen atoms in total. The van der Waals surface area contributed by atoms with E-state index in [1.165, 1.54) is 0 Å². The molecular formula is C16H26N4O3. The highest BCUT2D eigenvalue weighted by atomic mass is 16.2. The lowest BCUT2D eigenvalue weighted by Gasteiger charge is -2.37. The second-order valence-corrected chi connectivity index (χ2v) is 7.18. The lowest BCUT2D eigenvalue weighted by Crippen LogP contribution is -2.54. The van der Waals surface area contributed by atoms with Crippen molar-refractivity contribution in [2.45, 2.75) is 57.0 Å². The first-order valence-electron chi connectivity index (χ1n) is 8.61. The average molecular weight is 322 g/mol. The summed E-state index contributed by atoms with van der Waals surface area (Å²) in [6.45, 7) is 2.99. The molecule has 23 heavy (non-hydrogen) atoms. The summed E-state index contributed by atoms with van der Waals surface area (Å²) in [5, 5.41) is 2.88. The van der Waals surface area contributed by atoms with Crippen LogP contribution >= 0.6 is 0 Å². The number of nitrogens with zero attached hydrogens (tertiary/aromatic N) is 2. The van der Waals surface area contributed by atoms with Crippen LogP contribution < -0.4 is 11.1 Å². The molecule has 0 aromatic heterocycles. The Morgan fingerprint density at radius 2 is 2.09 bits per heavy atom. The molecule has 2 aliphatic heterocycles. The minimum Gasteiger partial charge on any atom is -0.340 e. The molecule has 1 saturated carbocycles. The maximum atomic E-state index is 12.8. The summed E-state index contributed by atoms with van der Waals surface area (Å²) in [5.41, 5.74) is 5.10. The van der Waals surface area contributed by atoms with Gasteiger partial charge in [0.1, 0.15) is 12.1 Å². The zero-order chi connectivity index (χ0) is 16.6. The van der Waals surface area contributed by atoms with E-state index in [1.807, 2.05) is 6.92 Å². The molecule has 128 valence electrons. The van der Waals surface area contributed by atoms with Gasteiger partial charge in [-0.3, -0.25) is 14.5 Å². The van der Waals surface area contributed by atoms with E-state index in [1.54, 1.807) is 4.90 Å². The van der Waals surface area contributed by atoms with Crippen molar-refractivity contribution in [1.29, 1.82) is 0 Å². The molecule has 3 fully saturated rings. The minimum atomic E-state index is -0.798. The Kier molecular flexibility index (Phi) is 4.31. The second kappa shape index (κ2) is 6.11. The molecule has 0 radical (unpaired) electrons. The normalized spacial score (nSPS) is 34.9. The van der Waals surface area contributed by atoms with Gasteiger partial charge in [-0.05, 0) is 31.6 Å². The fourth-order valence-corrected chi connectivity index (χ4v) is 4.11. The van der Waals surface area contributed by atoms with Gasteiger partial charge in [-0.25, -0.2) is 4.79 Å². The summed E-state index contributed by atoms with van der Waals surface area (Å²) in [7, 11) is 0. The quantitative estimate of drug-likeness (QED) is 0.721. The molecular weight excluding hydrogens is 296 g/mol. The van der Waals surface area contributed by atoms with Crippen molar-refractivity contribution < 1.29 is 14.4 Å². The van der Waals surface area contributed by atoms with E-state index in [0.29, 0.717) is 19.5 Å². The number of imide groups is 1. The lowest BCUT2D eigenvalue weighted by atomic mass is 9.73. The van der Waals surface area contributed by atoms with Crippen LogP contribution in [0.5, 0.6) is 0 Å². The zero-order valence-electron chi connectivity index (χ0n) is 13.7. The standard InChI is InChI=1S/C16H26N4O3/c1-11-5-2-3-7-16(11)14(22)20(15(23)18-16)10-13(21)19-8-4-6-12(17)9-19/h11-12H,2-10,17H2,1H3,(H,18,23). The summed E-state index contributed by atoms with van der Waals surface area (Å²) in [6, 6.07) is -0.445. The van der Waals surface area contributed by atoms with Gasteiger partial charge < -0.3 is 16.0 Å². The fraction of sp³-hybridized carbons (Fsp3) is 0.812. The van der Waals surface area contributed by atoms with Crippen LogP contribution in [0.15, 0.2) is 0 Å². The Morgan fingerprint density at radius 1 is 1.30 bits per heavy atom. The highest BCUT2D eigenvalue weighted by Gasteiger charge is 2.55. The first-order chi connectivity index (χ1) is 10.9. The Labute approximate surface area is 136 Å². The SMILES string of the molecule is CC1CCCCC12NC(=O)N(CC(=O)N1CCCC(N)C1)C2=O. The number of hydrogen-bond donors (Lipinski definition) is 2. The number of likely N-dealkylation sites (tertiary alicyclic amines) is 1. The van der Waals surface area contributed by atoms with Crippen molar-refractivity contribution in [3.8, 4) is 0 Å². The molecule has 7 heteroatoms. The first kappa shape index (κ1) is 16.2. The number of nitrogens with two attached hydrogens (primary N) is 1.